The van der Waals surface area contributed by atoms with E-state index in [1.165, 1.54) is 23.1 Å². The molecule has 5 nitrogen and oxygen atoms in total. The summed E-state index contributed by atoms with van der Waals surface area (Å²) in [7, 11) is 0. The second kappa shape index (κ2) is 8.92. The number of hydrogen-bond acceptors (Lipinski definition) is 5. The van der Waals surface area contributed by atoms with Crippen LogP contribution in [0.5, 0.6) is 0 Å². The van der Waals surface area contributed by atoms with E-state index < -0.39 is 0 Å². The number of thioether (sulfide) groups is 1. The first-order chi connectivity index (χ1) is 15.2. The van der Waals surface area contributed by atoms with E-state index in [9.17, 15) is 9.59 Å². The highest BCUT2D eigenvalue weighted by molar-refractivity contribution is 7.99. The second-order valence-electron chi connectivity index (χ2n) is 8.05. The third-order valence-electron chi connectivity index (χ3n) is 5.27. The molecule has 2 heterocycles. The number of carbonyl (C=O) groups is 1. The van der Waals surface area contributed by atoms with Crippen molar-refractivity contribution in [1.82, 2.24) is 9.55 Å². The quantitative estimate of drug-likeness (QED) is 0.304. The number of thiophene rings is 1. The fraction of sp³-hybridized carbons (Fsp3) is 0.240. The predicted molar refractivity (Wildman–Crippen MR) is 135 cm³/mol. The van der Waals surface area contributed by atoms with Gasteiger partial charge in [-0.15, -0.1) is 11.3 Å². The van der Waals surface area contributed by atoms with Crippen LogP contribution in [0.15, 0.2) is 52.4 Å². The maximum Gasteiger partial charge on any atom is 0.267 e. The van der Waals surface area contributed by atoms with Crippen molar-refractivity contribution in [3.8, 4) is 5.69 Å². The largest absolute Gasteiger partial charge is 0.325 e. The molecule has 4 rings (SSSR count). The number of carbonyl (C=O) groups excluding carboxylic acids is 1. The standard InChI is InChI=1S/C25H25N3O2S2/c1-14-7-6-8-20(12-14)28-24(30)22-17(4)18(5)32-23(22)27-25(28)31-13-21(29)26-19-10-15(2)9-16(3)11-19/h6-12H,13H2,1-5H3,(H,26,29). The van der Waals surface area contributed by atoms with Crippen LogP contribution in [0.3, 0.4) is 0 Å². The van der Waals surface area contributed by atoms with Gasteiger partial charge in [0.15, 0.2) is 5.16 Å². The average Bonchev–Trinajstić information content (AvgIpc) is 2.99. The van der Waals surface area contributed by atoms with Crippen molar-refractivity contribution in [2.75, 3.05) is 11.1 Å². The van der Waals surface area contributed by atoms with E-state index in [0.29, 0.717) is 15.4 Å². The molecule has 0 aliphatic heterocycles. The van der Waals surface area contributed by atoms with Crippen LogP contribution in [0.4, 0.5) is 5.69 Å². The molecule has 2 aromatic carbocycles. The summed E-state index contributed by atoms with van der Waals surface area (Å²) in [4.78, 5) is 32.8. The van der Waals surface area contributed by atoms with Gasteiger partial charge in [-0.2, -0.15) is 0 Å². The number of fused-ring (bicyclic) bond motifs is 1. The monoisotopic (exact) mass is 463 g/mol. The molecule has 0 saturated heterocycles. The Morgan fingerprint density at radius 2 is 1.75 bits per heavy atom. The first-order valence-electron chi connectivity index (χ1n) is 10.3. The molecule has 1 N–H and O–H groups in total. The van der Waals surface area contributed by atoms with E-state index in [0.717, 1.165) is 38.5 Å². The van der Waals surface area contributed by atoms with Gasteiger partial charge >= 0.3 is 0 Å². The Bertz CT molecular complexity index is 1380. The minimum atomic E-state index is -0.135. The fourth-order valence-electron chi connectivity index (χ4n) is 3.74. The van der Waals surface area contributed by atoms with Crippen LogP contribution >= 0.6 is 23.1 Å². The number of aryl methyl sites for hydroxylation is 5. The molecule has 2 aromatic heterocycles. The Morgan fingerprint density at radius 3 is 2.44 bits per heavy atom. The van der Waals surface area contributed by atoms with E-state index in [1.54, 1.807) is 4.57 Å². The zero-order valence-corrected chi connectivity index (χ0v) is 20.4. The molecule has 32 heavy (non-hydrogen) atoms. The van der Waals surface area contributed by atoms with Gasteiger partial charge in [0.1, 0.15) is 4.83 Å². The van der Waals surface area contributed by atoms with E-state index in [4.69, 9.17) is 4.98 Å². The minimum absolute atomic E-state index is 0.0975. The maximum absolute atomic E-state index is 13.5. The van der Waals surface area contributed by atoms with Crippen molar-refractivity contribution < 1.29 is 4.79 Å². The molecule has 0 aliphatic rings. The SMILES string of the molecule is Cc1cc(C)cc(NC(=O)CSc2nc3sc(C)c(C)c3c(=O)n2-c2cccc(C)c2)c1. The summed E-state index contributed by atoms with van der Waals surface area (Å²) < 4.78 is 1.63. The molecule has 0 spiro atoms. The summed E-state index contributed by atoms with van der Waals surface area (Å²) in [5.74, 6) is 0.0174. The molecule has 0 radical (unpaired) electrons. The van der Waals surface area contributed by atoms with Gasteiger partial charge in [-0.3, -0.25) is 14.2 Å². The summed E-state index contributed by atoms with van der Waals surface area (Å²) in [6.45, 7) is 9.96. The summed E-state index contributed by atoms with van der Waals surface area (Å²) >= 11 is 2.79. The van der Waals surface area contributed by atoms with Gasteiger partial charge < -0.3 is 5.32 Å². The van der Waals surface area contributed by atoms with Crippen molar-refractivity contribution in [3.05, 3.63) is 79.9 Å². The second-order valence-corrected chi connectivity index (χ2v) is 10.2. The van der Waals surface area contributed by atoms with Crippen molar-refractivity contribution in [1.29, 1.82) is 0 Å². The van der Waals surface area contributed by atoms with Crippen LogP contribution in [-0.2, 0) is 4.79 Å². The van der Waals surface area contributed by atoms with Crippen LogP contribution in [0, 0.1) is 34.6 Å². The summed E-state index contributed by atoms with van der Waals surface area (Å²) in [5, 5.41) is 4.12. The molecule has 1 amide bonds. The minimum Gasteiger partial charge on any atom is -0.325 e. The number of rotatable bonds is 5. The molecular weight excluding hydrogens is 438 g/mol. The number of anilines is 1. The lowest BCUT2D eigenvalue weighted by Crippen LogP contribution is -2.23. The number of nitrogens with one attached hydrogen (secondary N) is 1. The van der Waals surface area contributed by atoms with E-state index in [1.807, 2.05) is 71.0 Å². The van der Waals surface area contributed by atoms with Gasteiger partial charge in [0.05, 0.1) is 16.8 Å². The van der Waals surface area contributed by atoms with E-state index in [-0.39, 0.29) is 17.2 Å². The van der Waals surface area contributed by atoms with Crippen LogP contribution in [0.2, 0.25) is 0 Å². The van der Waals surface area contributed by atoms with Crippen LogP contribution < -0.4 is 10.9 Å². The Kier molecular flexibility index (Phi) is 6.22. The van der Waals surface area contributed by atoms with E-state index >= 15 is 0 Å². The van der Waals surface area contributed by atoms with Gasteiger partial charge in [-0.25, -0.2) is 4.98 Å². The number of benzene rings is 2. The predicted octanol–water partition coefficient (Wildman–Crippen LogP) is 5.72. The lowest BCUT2D eigenvalue weighted by Gasteiger charge is -2.13. The number of aromatic nitrogens is 2. The Balaban J connectivity index is 1.70. The molecular formula is C25H25N3O2S2. The Morgan fingerprint density at radius 1 is 1.03 bits per heavy atom. The van der Waals surface area contributed by atoms with Crippen molar-refractivity contribution in [2.24, 2.45) is 0 Å². The Hall–Kier alpha value is -2.90. The lowest BCUT2D eigenvalue weighted by molar-refractivity contribution is -0.113. The summed E-state index contributed by atoms with van der Waals surface area (Å²) in [5.41, 5.74) is 5.64. The van der Waals surface area contributed by atoms with Gasteiger partial charge in [-0.1, -0.05) is 30.0 Å². The topological polar surface area (TPSA) is 64.0 Å². The van der Waals surface area contributed by atoms with Gasteiger partial charge in [-0.05, 0) is 81.1 Å². The van der Waals surface area contributed by atoms with Gasteiger partial charge in [0, 0.05) is 10.6 Å². The fourth-order valence-corrected chi connectivity index (χ4v) is 5.62. The molecule has 4 aromatic rings. The number of hydrogen-bond donors (Lipinski definition) is 1. The van der Waals surface area contributed by atoms with Crippen LogP contribution in [0.25, 0.3) is 15.9 Å². The summed E-state index contributed by atoms with van der Waals surface area (Å²) in [6, 6.07) is 13.7. The third-order valence-corrected chi connectivity index (χ3v) is 7.31. The third kappa shape index (κ3) is 4.49. The summed E-state index contributed by atoms with van der Waals surface area (Å²) in [6.07, 6.45) is 0. The highest BCUT2D eigenvalue weighted by Gasteiger charge is 2.19. The maximum atomic E-state index is 13.5. The van der Waals surface area contributed by atoms with E-state index in [2.05, 4.69) is 11.4 Å². The molecule has 0 aliphatic carbocycles. The molecule has 0 fully saturated rings. The van der Waals surface area contributed by atoms with Gasteiger partial charge in [0.2, 0.25) is 5.91 Å². The average molecular weight is 464 g/mol. The smallest absolute Gasteiger partial charge is 0.267 e. The lowest BCUT2D eigenvalue weighted by atomic mass is 10.1. The first kappa shape index (κ1) is 22.3. The molecule has 0 unspecified atom stereocenters. The highest BCUT2D eigenvalue weighted by Crippen LogP contribution is 2.29. The highest BCUT2D eigenvalue weighted by atomic mass is 32.2. The van der Waals surface area contributed by atoms with Crippen LogP contribution in [0.1, 0.15) is 27.1 Å². The Labute approximate surface area is 195 Å². The molecule has 7 heteroatoms. The molecule has 164 valence electrons. The van der Waals surface area contributed by atoms with Gasteiger partial charge in [0.25, 0.3) is 5.56 Å². The number of amides is 1. The van der Waals surface area contributed by atoms with Crippen molar-refractivity contribution in [2.45, 2.75) is 39.8 Å². The molecule has 0 atom stereocenters. The number of nitrogens with zero attached hydrogens (tertiary/aromatic N) is 2. The molecule has 0 saturated carbocycles. The first-order valence-corrected chi connectivity index (χ1v) is 12.1. The zero-order chi connectivity index (χ0) is 23.0. The zero-order valence-electron chi connectivity index (χ0n) is 18.8. The van der Waals surface area contributed by atoms with Crippen LogP contribution in [-0.4, -0.2) is 21.2 Å². The van der Waals surface area contributed by atoms with Crippen molar-refractivity contribution in [3.63, 3.8) is 0 Å². The normalized spacial score (nSPS) is 11.2. The van der Waals surface area contributed by atoms with Crippen molar-refractivity contribution >= 4 is 44.9 Å². The molecule has 0 bridgehead atoms.